The first-order valence-electron chi connectivity index (χ1n) is 7.78. The van der Waals surface area contributed by atoms with Crippen molar-refractivity contribution in [2.45, 2.75) is 32.6 Å². The third-order valence-corrected chi connectivity index (χ3v) is 3.48. The molecule has 0 aliphatic heterocycles. The van der Waals surface area contributed by atoms with Crippen LogP contribution in [-0.2, 0) is 6.42 Å². The van der Waals surface area contributed by atoms with Crippen LogP contribution in [0.3, 0.4) is 0 Å². The number of benzene rings is 2. The van der Waals surface area contributed by atoms with Gasteiger partial charge >= 0.3 is 0 Å². The van der Waals surface area contributed by atoms with Crippen LogP contribution in [0.25, 0.3) is 6.08 Å². The maximum absolute atomic E-state index is 5.89. The molecule has 0 aliphatic rings. The predicted octanol–water partition coefficient (Wildman–Crippen LogP) is 5.51. The summed E-state index contributed by atoms with van der Waals surface area (Å²) in [6.07, 6.45) is 8.84. The monoisotopic (exact) mass is 280 g/mol. The summed E-state index contributed by atoms with van der Waals surface area (Å²) in [6, 6.07) is 18.9. The molecule has 110 valence electrons. The molecule has 0 bridgehead atoms. The lowest BCUT2D eigenvalue weighted by molar-refractivity contribution is 0.304. The van der Waals surface area contributed by atoms with E-state index >= 15 is 0 Å². The number of hydrogen-bond acceptors (Lipinski definition) is 1. The van der Waals surface area contributed by atoms with E-state index in [2.05, 4.69) is 42.5 Å². The second-order valence-electron chi connectivity index (χ2n) is 5.18. The second kappa shape index (κ2) is 9.02. The van der Waals surface area contributed by atoms with Crippen molar-refractivity contribution in [3.8, 4) is 5.75 Å². The van der Waals surface area contributed by atoms with Gasteiger partial charge in [0.1, 0.15) is 5.75 Å². The standard InChI is InChI=1S/C20H24O/c1-2-11-19-15-8-9-16-20(19)21-17-10-4-7-14-18-12-5-3-6-13-18/h2-3,5-6,8-9,11-13,15-16H,4,7,10,14,17H2,1H3. The van der Waals surface area contributed by atoms with Gasteiger partial charge in [-0.1, -0.05) is 60.7 Å². The molecule has 0 saturated heterocycles. The molecule has 0 N–H and O–H groups in total. The summed E-state index contributed by atoms with van der Waals surface area (Å²) in [4.78, 5) is 0. The fraction of sp³-hybridized carbons (Fsp3) is 0.300. The van der Waals surface area contributed by atoms with Gasteiger partial charge in [0.15, 0.2) is 0 Å². The first kappa shape index (κ1) is 15.4. The first-order valence-corrected chi connectivity index (χ1v) is 7.78. The van der Waals surface area contributed by atoms with Crippen molar-refractivity contribution < 1.29 is 4.74 Å². The largest absolute Gasteiger partial charge is 0.493 e. The van der Waals surface area contributed by atoms with E-state index in [4.69, 9.17) is 4.74 Å². The molecule has 2 aromatic rings. The Kier molecular flexibility index (Phi) is 6.60. The minimum absolute atomic E-state index is 0.795. The lowest BCUT2D eigenvalue weighted by Crippen LogP contribution is -1.99. The Morgan fingerprint density at radius 3 is 2.43 bits per heavy atom. The molecule has 0 aliphatic carbocycles. The minimum Gasteiger partial charge on any atom is -0.493 e. The van der Waals surface area contributed by atoms with E-state index in [1.165, 1.54) is 18.4 Å². The molecular weight excluding hydrogens is 256 g/mol. The highest BCUT2D eigenvalue weighted by Crippen LogP contribution is 2.19. The highest BCUT2D eigenvalue weighted by atomic mass is 16.5. The van der Waals surface area contributed by atoms with Crippen molar-refractivity contribution in [3.63, 3.8) is 0 Å². The van der Waals surface area contributed by atoms with Gasteiger partial charge < -0.3 is 4.74 Å². The summed E-state index contributed by atoms with van der Waals surface area (Å²) in [6.45, 7) is 2.82. The lowest BCUT2D eigenvalue weighted by Gasteiger charge is -2.09. The van der Waals surface area contributed by atoms with Gasteiger partial charge in [0.2, 0.25) is 0 Å². The lowest BCUT2D eigenvalue weighted by atomic mass is 10.1. The van der Waals surface area contributed by atoms with Crippen LogP contribution in [0.5, 0.6) is 5.75 Å². The van der Waals surface area contributed by atoms with Crippen LogP contribution in [0.4, 0.5) is 0 Å². The Balaban J connectivity index is 1.66. The number of allylic oxidation sites excluding steroid dienone is 1. The molecule has 1 nitrogen and oxygen atoms in total. The average Bonchev–Trinajstić information content (AvgIpc) is 2.53. The van der Waals surface area contributed by atoms with E-state index < -0.39 is 0 Å². The summed E-state index contributed by atoms with van der Waals surface area (Å²) in [7, 11) is 0. The smallest absolute Gasteiger partial charge is 0.126 e. The van der Waals surface area contributed by atoms with Crippen molar-refractivity contribution in [3.05, 3.63) is 71.8 Å². The Morgan fingerprint density at radius 1 is 0.857 bits per heavy atom. The summed E-state index contributed by atoms with van der Waals surface area (Å²) < 4.78 is 5.89. The summed E-state index contributed by atoms with van der Waals surface area (Å²) in [5.74, 6) is 0.985. The molecule has 2 rings (SSSR count). The van der Waals surface area contributed by atoms with Crippen molar-refractivity contribution in [1.82, 2.24) is 0 Å². The van der Waals surface area contributed by atoms with E-state index in [1.54, 1.807) is 0 Å². The Morgan fingerprint density at radius 2 is 1.62 bits per heavy atom. The number of unbranched alkanes of at least 4 members (excludes halogenated alkanes) is 2. The molecule has 2 aromatic carbocycles. The SMILES string of the molecule is CC=Cc1ccccc1OCCCCCc1ccccc1. The molecule has 0 aromatic heterocycles. The third-order valence-electron chi connectivity index (χ3n) is 3.48. The zero-order valence-corrected chi connectivity index (χ0v) is 12.8. The fourth-order valence-corrected chi connectivity index (χ4v) is 2.36. The minimum atomic E-state index is 0.795. The van der Waals surface area contributed by atoms with Gasteiger partial charge in [-0.3, -0.25) is 0 Å². The maximum atomic E-state index is 5.89. The predicted molar refractivity (Wildman–Crippen MR) is 90.6 cm³/mol. The Hall–Kier alpha value is -2.02. The van der Waals surface area contributed by atoms with Crippen LogP contribution in [0, 0.1) is 0 Å². The summed E-state index contributed by atoms with van der Waals surface area (Å²) in [5, 5.41) is 0. The summed E-state index contributed by atoms with van der Waals surface area (Å²) >= 11 is 0. The van der Waals surface area contributed by atoms with Crippen LogP contribution in [0.1, 0.15) is 37.3 Å². The van der Waals surface area contributed by atoms with Crippen molar-refractivity contribution in [1.29, 1.82) is 0 Å². The first-order chi connectivity index (χ1) is 10.4. The molecule has 0 radical (unpaired) electrons. The molecule has 0 spiro atoms. The van der Waals surface area contributed by atoms with Crippen molar-refractivity contribution >= 4 is 6.08 Å². The zero-order valence-electron chi connectivity index (χ0n) is 12.8. The fourth-order valence-electron chi connectivity index (χ4n) is 2.36. The van der Waals surface area contributed by atoms with Gasteiger partial charge in [0.05, 0.1) is 6.61 Å². The number of hydrogen-bond donors (Lipinski definition) is 0. The quantitative estimate of drug-likeness (QED) is 0.579. The van der Waals surface area contributed by atoms with Gasteiger partial charge in [-0.2, -0.15) is 0 Å². The number of aryl methyl sites for hydroxylation is 1. The van der Waals surface area contributed by atoms with Gasteiger partial charge in [0, 0.05) is 5.56 Å². The maximum Gasteiger partial charge on any atom is 0.126 e. The Labute approximate surface area is 128 Å². The highest BCUT2D eigenvalue weighted by molar-refractivity contribution is 5.56. The second-order valence-corrected chi connectivity index (χ2v) is 5.18. The molecule has 1 heteroatoms. The van der Waals surface area contributed by atoms with Crippen LogP contribution in [-0.4, -0.2) is 6.61 Å². The van der Waals surface area contributed by atoms with E-state index in [9.17, 15) is 0 Å². The molecule has 0 heterocycles. The molecule has 0 atom stereocenters. The molecule has 0 unspecified atom stereocenters. The number of ether oxygens (including phenoxy) is 1. The van der Waals surface area contributed by atoms with Gasteiger partial charge in [-0.05, 0) is 44.2 Å². The molecular formula is C20H24O. The third kappa shape index (κ3) is 5.47. The normalized spacial score (nSPS) is 10.9. The van der Waals surface area contributed by atoms with E-state index in [0.717, 1.165) is 30.8 Å². The summed E-state index contributed by atoms with van der Waals surface area (Å²) in [5.41, 5.74) is 2.58. The van der Waals surface area contributed by atoms with E-state index in [0.29, 0.717) is 0 Å². The molecule has 0 amide bonds. The van der Waals surface area contributed by atoms with Crippen molar-refractivity contribution in [2.75, 3.05) is 6.61 Å². The van der Waals surface area contributed by atoms with Gasteiger partial charge in [0.25, 0.3) is 0 Å². The topological polar surface area (TPSA) is 9.23 Å². The Bertz CT molecular complexity index is 543. The highest BCUT2D eigenvalue weighted by Gasteiger charge is 1.99. The number of rotatable bonds is 8. The van der Waals surface area contributed by atoms with E-state index in [1.807, 2.05) is 31.2 Å². The van der Waals surface area contributed by atoms with Crippen LogP contribution in [0.15, 0.2) is 60.7 Å². The van der Waals surface area contributed by atoms with E-state index in [-0.39, 0.29) is 0 Å². The average molecular weight is 280 g/mol. The number of para-hydroxylation sites is 1. The van der Waals surface area contributed by atoms with Crippen LogP contribution >= 0.6 is 0 Å². The van der Waals surface area contributed by atoms with Crippen LogP contribution in [0.2, 0.25) is 0 Å². The molecule has 0 fully saturated rings. The van der Waals surface area contributed by atoms with Gasteiger partial charge in [-0.25, -0.2) is 0 Å². The molecule has 21 heavy (non-hydrogen) atoms. The van der Waals surface area contributed by atoms with Crippen LogP contribution < -0.4 is 4.74 Å². The zero-order chi connectivity index (χ0) is 14.8. The molecule has 0 saturated carbocycles. The van der Waals surface area contributed by atoms with Crippen molar-refractivity contribution in [2.24, 2.45) is 0 Å². The van der Waals surface area contributed by atoms with Gasteiger partial charge in [-0.15, -0.1) is 0 Å².